The largest absolute Gasteiger partial charge is 0.378 e. The van der Waals surface area contributed by atoms with Crippen molar-refractivity contribution in [1.82, 2.24) is 5.32 Å². The molecule has 0 saturated carbocycles. The molecule has 0 aromatic heterocycles. The van der Waals surface area contributed by atoms with Crippen LogP contribution in [0.25, 0.3) is 0 Å². The summed E-state index contributed by atoms with van der Waals surface area (Å²) in [5.74, 6) is 0.401. The molecule has 16 heavy (non-hydrogen) atoms. The standard InChI is InChI=1S/C11H13ClINO2/c12-4-6-16-7-5-14-11(15)9-2-1-3-10(13)8-9/h1-3,8H,4-7H2,(H,14,15). The molecule has 5 heteroatoms. The Bertz CT molecular complexity index is 347. The minimum atomic E-state index is -0.0759. The van der Waals surface area contributed by atoms with Gasteiger partial charge in [-0.15, -0.1) is 11.6 Å². The molecular weight excluding hydrogens is 340 g/mol. The summed E-state index contributed by atoms with van der Waals surface area (Å²) >= 11 is 7.62. The SMILES string of the molecule is O=C(NCCOCCCl)c1cccc(I)c1. The molecular formula is C11H13ClINO2. The molecule has 1 amide bonds. The van der Waals surface area contributed by atoms with Crippen molar-refractivity contribution < 1.29 is 9.53 Å². The van der Waals surface area contributed by atoms with Crippen LogP contribution >= 0.6 is 34.2 Å². The number of benzene rings is 1. The third-order valence-corrected chi connectivity index (χ3v) is 2.67. The molecule has 88 valence electrons. The van der Waals surface area contributed by atoms with Crippen LogP contribution in [-0.2, 0) is 4.74 Å². The van der Waals surface area contributed by atoms with Crippen molar-refractivity contribution in [3.8, 4) is 0 Å². The number of rotatable bonds is 6. The molecule has 0 unspecified atom stereocenters. The second kappa shape index (κ2) is 7.86. The maximum atomic E-state index is 11.6. The lowest BCUT2D eigenvalue weighted by Crippen LogP contribution is -2.27. The predicted molar refractivity (Wildman–Crippen MR) is 73.0 cm³/mol. The zero-order valence-corrected chi connectivity index (χ0v) is 11.6. The number of ether oxygens (including phenoxy) is 1. The molecule has 0 saturated heterocycles. The highest BCUT2D eigenvalue weighted by Gasteiger charge is 2.04. The van der Waals surface area contributed by atoms with E-state index < -0.39 is 0 Å². The molecule has 0 atom stereocenters. The molecule has 0 bridgehead atoms. The first kappa shape index (κ1) is 13.7. The quantitative estimate of drug-likeness (QED) is 0.484. The molecule has 1 rings (SSSR count). The van der Waals surface area contributed by atoms with E-state index in [-0.39, 0.29) is 5.91 Å². The smallest absolute Gasteiger partial charge is 0.251 e. The normalized spacial score (nSPS) is 10.1. The number of alkyl halides is 1. The lowest BCUT2D eigenvalue weighted by molar-refractivity contribution is 0.0923. The molecule has 0 aliphatic heterocycles. The van der Waals surface area contributed by atoms with Crippen LogP contribution in [0.15, 0.2) is 24.3 Å². The van der Waals surface area contributed by atoms with Gasteiger partial charge in [-0.05, 0) is 40.8 Å². The Balaban J connectivity index is 2.30. The zero-order chi connectivity index (χ0) is 11.8. The fraction of sp³-hybridized carbons (Fsp3) is 0.364. The summed E-state index contributed by atoms with van der Waals surface area (Å²) in [4.78, 5) is 11.6. The Morgan fingerprint density at radius 1 is 1.44 bits per heavy atom. The number of amides is 1. The van der Waals surface area contributed by atoms with Gasteiger partial charge < -0.3 is 10.1 Å². The van der Waals surface area contributed by atoms with Crippen LogP contribution in [0.2, 0.25) is 0 Å². The molecule has 0 aliphatic rings. The zero-order valence-electron chi connectivity index (χ0n) is 8.71. The summed E-state index contributed by atoms with van der Waals surface area (Å²) < 4.78 is 6.19. The highest BCUT2D eigenvalue weighted by Crippen LogP contribution is 2.07. The molecule has 0 fully saturated rings. The fourth-order valence-corrected chi connectivity index (χ4v) is 1.78. The van der Waals surface area contributed by atoms with Crippen LogP contribution in [0.5, 0.6) is 0 Å². The van der Waals surface area contributed by atoms with Gasteiger partial charge in [0.1, 0.15) is 0 Å². The van der Waals surface area contributed by atoms with Crippen LogP contribution in [0, 0.1) is 3.57 Å². The molecule has 1 aromatic carbocycles. The summed E-state index contributed by atoms with van der Waals surface area (Å²) in [5, 5.41) is 2.77. The van der Waals surface area contributed by atoms with Gasteiger partial charge in [0, 0.05) is 21.6 Å². The molecule has 0 aliphatic carbocycles. The summed E-state index contributed by atoms with van der Waals surface area (Å²) in [5.41, 5.74) is 0.671. The van der Waals surface area contributed by atoms with Crippen LogP contribution in [0.3, 0.4) is 0 Å². The molecule has 0 spiro atoms. The first-order valence-electron chi connectivity index (χ1n) is 4.91. The van der Waals surface area contributed by atoms with E-state index in [1.165, 1.54) is 0 Å². The van der Waals surface area contributed by atoms with E-state index in [1.807, 2.05) is 18.2 Å². The first-order chi connectivity index (χ1) is 7.74. The molecule has 0 radical (unpaired) electrons. The maximum absolute atomic E-state index is 11.6. The summed E-state index contributed by atoms with van der Waals surface area (Å²) in [7, 11) is 0. The lowest BCUT2D eigenvalue weighted by atomic mass is 10.2. The number of hydrogen-bond acceptors (Lipinski definition) is 2. The van der Waals surface area contributed by atoms with E-state index >= 15 is 0 Å². The number of halogens is 2. The van der Waals surface area contributed by atoms with E-state index in [2.05, 4.69) is 27.9 Å². The second-order valence-corrected chi connectivity index (χ2v) is 4.69. The Labute approximate surface area is 114 Å². The first-order valence-corrected chi connectivity index (χ1v) is 6.53. The lowest BCUT2D eigenvalue weighted by Gasteiger charge is -2.05. The van der Waals surface area contributed by atoms with Gasteiger partial charge in [-0.25, -0.2) is 0 Å². The molecule has 3 nitrogen and oxygen atoms in total. The number of hydrogen-bond donors (Lipinski definition) is 1. The van der Waals surface area contributed by atoms with Gasteiger partial charge >= 0.3 is 0 Å². The highest BCUT2D eigenvalue weighted by atomic mass is 127. The monoisotopic (exact) mass is 353 g/mol. The van der Waals surface area contributed by atoms with E-state index in [0.717, 1.165) is 3.57 Å². The van der Waals surface area contributed by atoms with Crippen LogP contribution in [0.4, 0.5) is 0 Å². The second-order valence-electron chi connectivity index (χ2n) is 3.07. The van der Waals surface area contributed by atoms with Gasteiger partial charge in [-0.1, -0.05) is 6.07 Å². The Morgan fingerprint density at radius 2 is 2.25 bits per heavy atom. The summed E-state index contributed by atoms with van der Waals surface area (Å²) in [6, 6.07) is 7.44. The number of carbonyl (C=O) groups is 1. The molecule has 0 heterocycles. The third kappa shape index (κ3) is 5.14. The summed E-state index contributed by atoms with van der Waals surface area (Å²) in [6.45, 7) is 1.50. The minimum absolute atomic E-state index is 0.0759. The average molecular weight is 354 g/mol. The Kier molecular flexibility index (Phi) is 6.75. The number of carbonyl (C=O) groups excluding carboxylic acids is 1. The van der Waals surface area contributed by atoms with Crippen LogP contribution in [0.1, 0.15) is 10.4 Å². The van der Waals surface area contributed by atoms with E-state index in [0.29, 0.717) is 31.2 Å². The average Bonchev–Trinajstić information content (AvgIpc) is 2.28. The topological polar surface area (TPSA) is 38.3 Å². The van der Waals surface area contributed by atoms with Gasteiger partial charge in [-0.2, -0.15) is 0 Å². The van der Waals surface area contributed by atoms with Gasteiger partial charge in [0.2, 0.25) is 0 Å². The van der Waals surface area contributed by atoms with Crippen molar-refractivity contribution in [2.75, 3.05) is 25.6 Å². The van der Waals surface area contributed by atoms with E-state index in [4.69, 9.17) is 16.3 Å². The van der Waals surface area contributed by atoms with Crippen molar-refractivity contribution in [3.63, 3.8) is 0 Å². The van der Waals surface area contributed by atoms with Gasteiger partial charge in [0.25, 0.3) is 5.91 Å². The van der Waals surface area contributed by atoms with Crippen molar-refractivity contribution >= 4 is 40.1 Å². The van der Waals surface area contributed by atoms with Crippen molar-refractivity contribution in [1.29, 1.82) is 0 Å². The van der Waals surface area contributed by atoms with Crippen molar-refractivity contribution in [2.45, 2.75) is 0 Å². The van der Waals surface area contributed by atoms with E-state index in [1.54, 1.807) is 6.07 Å². The fourth-order valence-electron chi connectivity index (χ4n) is 1.13. The van der Waals surface area contributed by atoms with Crippen LogP contribution < -0.4 is 5.32 Å². The van der Waals surface area contributed by atoms with Gasteiger partial charge in [0.05, 0.1) is 13.2 Å². The van der Waals surface area contributed by atoms with Crippen molar-refractivity contribution in [3.05, 3.63) is 33.4 Å². The van der Waals surface area contributed by atoms with Crippen LogP contribution in [-0.4, -0.2) is 31.5 Å². The maximum Gasteiger partial charge on any atom is 0.251 e. The third-order valence-electron chi connectivity index (χ3n) is 1.84. The summed E-state index contributed by atoms with van der Waals surface area (Å²) in [6.07, 6.45) is 0. The van der Waals surface area contributed by atoms with Gasteiger partial charge in [0.15, 0.2) is 0 Å². The highest BCUT2D eigenvalue weighted by molar-refractivity contribution is 14.1. The Hall–Kier alpha value is -0.330. The van der Waals surface area contributed by atoms with Gasteiger partial charge in [-0.3, -0.25) is 4.79 Å². The van der Waals surface area contributed by atoms with Crippen molar-refractivity contribution in [2.24, 2.45) is 0 Å². The predicted octanol–water partition coefficient (Wildman–Crippen LogP) is 2.28. The molecule has 1 N–H and O–H groups in total. The number of nitrogens with one attached hydrogen (secondary N) is 1. The Morgan fingerprint density at radius 3 is 2.94 bits per heavy atom. The van der Waals surface area contributed by atoms with E-state index in [9.17, 15) is 4.79 Å². The molecule has 1 aromatic rings. The minimum Gasteiger partial charge on any atom is -0.378 e.